The number of carbonyl (C=O) groups is 1. The molecule has 0 fully saturated rings. The summed E-state index contributed by atoms with van der Waals surface area (Å²) in [7, 11) is 1.87. The Hall–Kier alpha value is -3.50. The first kappa shape index (κ1) is 26.1. The second-order valence-corrected chi connectivity index (χ2v) is 8.79. The van der Waals surface area contributed by atoms with E-state index in [1.54, 1.807) is 17.1 Å². The van der Waals surface area contributed by atoms with Gasteiger partial charge in [0.25, 0.3) is 0 Å². The van der Waals surface area contributed by atoms with Crippen molar-refractivity contribution < 1.29 is 18.0 Å². The number of nitrogens with one attached hydrogen (secondary N) is 1. The SMILES string of the molecule is C.Cc1nc(CCc2cnn(Cc3cc(C(F)(F)F)ccn3)c2)nc2c1NC(=O)[C@H](C(C)C)N2C. The van der Waals surface area contributed by atoms with Crippen LogP contribution in [-0.4, -0.2) is 43.7 Å². The lowest BCUT2D eigenvalue weighted by molar-refractivity contribution is -0.137. The zero-order chi connectivity index (χ0) is 24.6. The van der Waals surface area contributed by atoms with E-state index in [1.165, 1.54) is 0 Å². The number of nitrogens with zero attached hydrogens (tertiary/aromatic N) is 6. The number of aryl methyl sites for hydroxylation is 3. The molecular weight excluding hydrogens is 459 g/mol. The third-order valence-corrected chi connectivity index (χ3v) is 5.81. The summed E-state index contributed by atoms with van der Waals surface area (Å²) in [5, 5.41) is 7.19. The molecule has 1 amide bonds. The van der Waals surface area contributed by atoms with Gasteiger partial charge in [-0.3, -0.25) is 14.5 Å². The first-order valence-electron chi connectivity index (χ1n) is 11.0. The average Bonchev–Trinajstić information content (AvgIpc) is 3.20. The van der Waals surface area contributed by atoms with Crippen LogP contribution < -0.4 is 10.2 Å². The predicted octanol–water partition coefficient (Wildman–Crippen LogP) is 4.28. The van der Waals surface area contributed by atoms with E-state index >= 15 is 0 Å². The maximum absolute atomic E-state index is 12.9. The highest BCUT2D eigenvalue weighted by atomic mass is 19.4. The Morgan fingerprint density at radius 2 is 1.94 bits per heavy atom. The average molecular weight is 490 g/mol. The van der Waals surface area contributed by atoms with Gasteiger partial charge in [-0.2, -0.15) is 18.3 Å². The Morgan fingerprint density at radius 1 is 1.20 bits per heavy atom. The molecule has 4 rings (SSSR count). The Morgan fingerprint density at radius 3 is 2.63 bits per heavy atom. The summed E-state index contributed by atoms with van der Waals surface area (Å²) < 4.78 is 40.3. The normalized spacial score (nSPS) is 15.6. The van der Waals surface area contributed by atoms with Crippen molar-refractivity contribution in [2.45, 2.75) is 59.8 Å². The van der Waals surface area contributed by atoms with Crippen molar-refractivity contribution in [2.75, 3.05) is 17.3 Å². The van der Waals surface area contributed by atoms with Crippen LogP contribution in [0.2, 0.25) is 0 Å². The van der Waals surface area contributed by atoms with Crippen molar-refractivity contribution in [2.24, 2.45) is 5.92 Å². The molecule has 0 aliphatic carbocycles. The van der Waals surface area contributed by atoms with E-state index in [0.717, 1.165) is 23.9 Å². The summed E-state index contributed by atoms with van der Waals surface area (Å²) in [5.74, 6) is 1.40. The number of hydrogen-bond donors (Lipinski definition) is 1. The molecule has 1 N–H and O–H groups in total. The second-order valence-electron chi connectivity index (χ2n) is 8.79. The minimum atomic E-state index is -4.41. The summed E-state index contributed by atoms with van der Waals surface area (Å²) in [6, 6.07) is 1.67. The lowest BCUT2D eigenvalue weighted by Gasteiger charge is -2.36. The molecule has 0 aromatic carbocycles. The molecule has 1 aliphatic rings. The Balaban J connectivity index is 0.00000342. The highest BCUT2D eigenvalue weighted by molar-refractivity contribution is 6.03. The van der Waals surface area contributed by atoms with Crippen molar-refractivity contribution in [3.05, 3.63) is 59.1 Å². The minimum absolute atomic E-state index is 0. The van der Waals surface area contributed by atoms with Crippen LogP contribution in [0.4, 0.5) is 24.7 Å². The molecule has 0 spiro atoms. The molecule has 11 heteroatoms. The number of hydrogen-bond acceptors (Lipinski definition) is 6. The van der Waals surface area contributed by atoms with E-state index in [1.807, 2.05) is 32.7 Å². The van der Waals surface area contributed by atoms with Crippen LogP contribution in [-0.2, 0) is 30.4 Å². The minimum Gasteiger partial charge on any atom is -0.346 e. The molecule has 188 valence electrons. The topological polar surface area (TPSA) is 88.8 Å². The van der Waals surface area contributed by atoms with Crippen LogP contribution >= 0.6 is 0 Å². The van der Waals surface area contributed by atoms with Gasteiger partial charge < -0.3 is 10.2 Å². The monoisotopic (exact) mass is 489 g/mol. The van der Waals surface area contributed by atoms with Gasteiger partial charge in [0.1, 0.15) is 17.6 Å². The summed E-state index contributed by atoms with van der Waals surface area (Å²) in [6.45, 7) is 5.97. The first-order valence-corrected chi connectivity index (χ1v) is 11.0. The molecule has 0 unspecified atom stereocenters. The third-order valence-electron chi connectivity index (χ3n) is 5.81. The molecule has 35 heavy (non-hydrogen) atoms. The number of fused-ring (bicyclic) bond motifs is 1. The zero-order valence-corrected chi connectivity index (χ0v) is 19.4. The summed E-state index contributed by atoms with van der Waals surface area (Å²) in [5.41, 5.74) is 1.80. The van der Waals surface area contributed by atoms with Crippen LogP contribution in [0, 0.1) is 12.8 Å². The molecule has 1 atom stereocenters. The molecule has 0 saturated heterocycles. The number of anilines is 2. The van der Waals surface area contributed by atoms with E-state index in [9.17, 15) is 18.0 Å². The van der Waals surface area contributed by atoms with Gasteiger partial charge in [-0.25, -0.2) is 9.97 Å². The number of pyridine rings is 1. The van der Waals surface area contributed by atoms with Crippen molar-refractivity contribution in [3.8, 4) is 0 Å². The second kappa shape index (κ2) is 10.0. The standard InChI is InChI=1S/C23H26F3N7O.CH4/c1-13(2)20-22(34)31-19-14(3)29-18(30-21(19)32(20)4)6-5-15-10-28-33(11-15)12-17-9-16(7-8-27-17)23(24,25)26;/h7-11,13,20H,5-6,12H2,1-4H3,(H,31,34);1H4/t20-;/m0./s1. The first-order chi connectivity index (χ1) is 16.0. The summed E-state index contributed by atoms with van der Waals surface area (Å²) >= 11 is 0. The molecule has 1 aliphatic heterocycles. The highest BCUT2D eigenvalue weighted by Crippen LogP contribution is 2.33. The molecule has 8 nitrogen and oxygen atoms in total. The molecule has 3 aromatic rings. The van der Waals surface area contributed by atoms with Crippen LogP contribution in [0.5, 0.6) is 0 Å². The summed E-state index contributed by atoms with van der Waals surface area (Å²) in [6.07, 6.45) is 1.37. The number of rotatable bonds is 6. The van der Waals surface area contributed by atoms with Crippen LogP contribution in [0.25, 0.3) is 0 Å². The Kier molecular flexibility index (Phi) is 7.47. The van der Waals surface area contributed by atoms with Gasteiger partial charge in [-0.05, 0) is 37.0 Å². The highest BCUT2D eigenvalue weighted by Gasteiger charge is 2.35. The van der Waals surface area contributed by atoms with Crippen molar-refractivity contribution in [3.63, 3.8) is 0 Å². The zero-order valence-electron chi connectivity index (χ0n) is 19.4. The molecule has 3 aromatic heterocycles. The number of amides is 1. The Labute approximate surface area is 202 Å². The smallest absolute Gasteiger partial charge is 0.346 e. The fraction of sp³-hybridized carbons (Fsp3) is 0.458. The van der Waals surface area contributed by atoms with E-state index in [-0.39, 0.29) is 37.5 Å². The number of halogens is 3. The van der Waals surface area contributed by atoms with Crippen molar-refractivity contribution in [1.82, 2.24) is 24.7 Å². The largest absolute Gasteiger partial charge is 0.416 e. The third kappa shape index (κ3) is 5.60. The fourth-order valence-electron chi connectivity index (χ4n) is 4.17. The molecule has 0 saturated carbocycles. The van der Waals surface area contributed by atoms with Gasteiger partial charge in [-0.15, -0.1) is 0 Å². The maximum atomic E-state index is 12.9. The van der Waals surface area contributed by atoms with E-state index in [2.05, 4.69) is 20.4 Å². The fourth-order valence-corrected chi connectivity index (χ4v) is 4.17. The van der Waals surface area contributed by atoms with Gasteiger partial charge in [0.15, 0.2) is 5.82 Å². The maximum Gasteiger partial charge on any atom is 0.416 e. The number of aromatic nitrogens is 5. The van der Waals surface area contributed by atoms with Gasteiger partial charge >= 0.3 is 6.18 Å². The van der Waals surface area contributed by atoms with E-state index in [0.29, 0.717) is 35.9 Å². The van der Waals surface area contributed by atoms with Gasteiger partial charge in [0.05, 0.1) is 29.7 Å². The number of carbonyl (C=O) groups excluding carboxylic acids is 1. The molecule has 0 bridgehead atoms. The van der Waals surface area contributed by atoms with Crippen LogP contribution in [0.1, 0.15) is 49.6 Å². The molecular formula is C24H30F3N7O. The van der Waals surface area contributed by atoms with E-state index < -0.39 is 11.7 Å². The lowest BCUT2D eigenvalue weighted by atomic mass is 9.99. The lowest BCUT2D eigenvalue weighted by Crippen LogP contribution is -2.49. The van der Waals surface area contributed by atoms with E-state index in [4.69, 9.17) is 4.98 Å². The van der Waals surface area contributed by atoms with Crippen LogP contribution in [0.15, 0.2) is 30.7 Å². The van der Waals surface area contributed by atoms with Gasteiger partial charge in [0.2, 0.25) is 5.91 Å². The van der Waals surface area contributed by atoms with Crippen molar-refractivity contribution in [1.29, 1.82) is 0 Å². The predicted molar refractivity (Wildman–Crippen MR) is 127 cm³/mol. The molecule has 0 radical (unpaired) electrons. The van der Waals surface area contributed by atoms with Crippen LogP contribution in [0.3, 0.4) is 0 Å². The quantitative estimate of drug-likeness (QED) is 0.556. The molecule has 4 heterocycles. The number of alkyl halides is 3. The Bertz CT molecular complexity index is 1210. The van der Waals surface area contributed by atoms with Crippen molar-refractivity contribution >= 4 is 17.4 Å². The van der Waals surface area contributed by atoms with Gasteiger partial charge in [-0.1, -0.05) is 21.3 Å². The summed E-state index contributed by atoms with van der Waals surface area (Å²) in [4.78, 5) is 27.6. The van der Waals surface area contributed by atoms with Gasteiger partial charge in [0, 0.05) is 25.9 Å². The number of likely N-dealkylation sites (N-methyl/N-ethyl adjacent to an activating group) is 1.